The van der Waals surface area contributed by atoms with E-state index in [1.54, 1.807) is 43.3 Å². The van der Waals surface area contributed by atoms with E-state index in [4.69, 9.17) is 0 Å². The van der Waals surface area contributed by atoms with Gasteiger partial charge in [0, 0.05) is 13.1 Å². The quantitative estimate of drug-likeness (QED) is 0.412. The molecule has 0 saturated heterocycles. The Morgan fingerprint density at radius 1 is 0.892 bits per heavy atom. The number of nitrogens with zero attached hydrogens (tertiary/aromatic N) is 2. The zero-order valence-corrected chi connectivity index (χ0v) is 22.7. The van der Waals surface area contributed by atoms with Crippen LogP contribution in [0.4, 0.5) is 5.69 Å². The van der Waals surface area contributed by atoms with Crippen LogP contribution in [0.25, 0.3) is 0 Å². The minimum Gasteiger partial charge on any atom is -0.355 e. The van der Waals surface area contributed by atoms with Crippen molar-refractivity contribution in [2.45, 2.75) is 45.1 Å². The minimum atomic E-state index is -4.06. The Morgan fingerprint density at radius 2 is 1.51 bits per heavy atom. The summed E-state index contributed by atoms with van der Waals surface area (Å²) in [5.74, 6) is -0.735. The van der Waals surface area contributed by atoms with Gasteiger partial charge in [0.2, 0.25) is 11.8 Å². The average Bonchev–Trinajstić information content (AvgIpc) is 2.88. The fourth-order valence-electron chi connectivity index (χ4n) is 4.09. The number of hydrogen-bond acceptors (Lipinski definition) is 4. The summed E-state index contributed by atoms with van der Waals surface area (Å²) in [5.41, 5.74) is 3.09. The Hall–Kier alpha value is -3.65. The number of benzene rings is 3. The van der Waals surface area contributed by atoms with Crippen LogP contribution in [-0.2, 0) is 26.0 Å². The van der Waals surface area contributed by atoms with Crippen molar-refractivity contribution in [1.82, 2.24) is 10.2 Å². The zero-order chi connectivity index (χ0) is 27.0. The lowest BCUT2D eigenvalue weighted by atomic mass is 10.1. The van der Waals surface area contributed by atoms with Gasteiger partial charge in [-0.1, -0.05) is 66.2 Å². The van der Waals surface area contributed by atoms with Crippen molar-refractivity contribution in [1.29, 1.82) is 0 Å². The molecule has 0 heterocycles. The maximum absolute atomic E-state index is 13.8. The summed E-state index contributed by atoms with van der Waals surface area (Å²) in [6.07, 6.45) is 0.533. The summed E-state index contributed by atoms with van der Waals surface area (Å²) >= 11 is 0. The molecule has 3 aromatic rings. The van der Waals surface area contributed by atoms with Crippen molar-refractivity contribution >= 4 is 27.5 Å². The van der Waals surface area contributed by atoms with Crippen molar-refractivity contribution in [3.8, 4) is 0 Å². The molecule has 0 aliphatic carbocycles. The predicted molar refractivity (Wildman–Crippen MR) is 147 cm³/mol. The van der Waals surface area contributed by atoms with Gasteiger partial charge < -0.3 is 10.2 Å². The van der Waals surface area contributed by atoms with Crippen LogP contribution in [0, 0.1) is 13.8 Å². The summed E-state index contributed by atoms with van der Waals surface area (Å²) in [4.78, 5) is 28.1. The van der Waals surface area contributed by atoms with E-state index in [-0.39, 0.29) is 17.3 Å². The second-order valence-electron chi connectivity index (χ2n) is 9.00. The molecule has 0 radical (unpaired) electrons. The van der Waals surface area contributed by atoms with Gasteiger partial charge in [0.1, 0.15) is 12.6 Å². The standard InChI is InChI=1S/C29H35N3O4S/c1-5-30-29(34)24(4)31(20-19-25-12-7-6-8-13-25)28(33)21-32(27-14-10-9-11-23(27)3)37(35,36)26-17-15-22(2)16-18-26/h6-18,24H,5,19-21H2,1-4H3,(H,30,34)/t24-/m0/s1. The third-order valence-electron chi connectivity index (χ3n) is 6.27. The third-order valence-corrected chi connectivity index (χ3v) is 8.05. The van der Waals surface area contributed by atoms with E-state index in [0.717, 1.165) is 21.0 Å². The minimum absolute atomic E-state index is 0.0989. The van der Waals surface area contributed by atoms with Gasteiger partial charge >= 0.3 is 0 Å². The predicted octanol–water partition coefficient (Wildman–Crippen LogP) is 4.09. The highest BCUT2D eigenvalue weighted by Gasteiger charge is 2.32. The van der Waals surface area contributed by atoms with E-state index < -0.39 is 28.5 Å². The first-order chi connectivity index (χ1) is 17.6. The first-order valence-corrected chi connectivity index (χ1v) is 13.8. The molecule has 1 atom stereocenters. The Morgan fingerprint density at radius 3 is 2.14 bits per heavy atom. The third kappa shape index (κ3) is 6.98. The molecule has 0 unspecified atom stereocenters. The maximum Gasteiger partial charge on any atom is 0.264 e. The van der Waals surface area contributed by atoms with Crippen molar-refractivity contribution in [3.63, 3.8) is 0 Å². The van der Waals surface area contributed by atoms with Crippen LogP contribution in [0.3, 0.4) is 0 Å². The van der Waals surface area contributed by atoms with Crippen LogP contribution in [-0.4, -0.2) is 50.8 Å². The molecule has 0 bridgehead atoms. The van der Waals surface area contributed by atoms with E-state index in [9.17, 15) is 18.0 Å². The monoisotopic (exact) mass is 521 g/mol. The SMILES string of the molecule is CCNC(=O)[C@H](C)N(CCc1ccccc1)C(=O)CN(c1ccccc1C)S(=O)(=O)c1ccc(C)cc1. The lowest BCUT2D eigenvalue weighted by molar-refractivity contribution is -0.138. The highest BCUT2D eigenvalue weighted by Crippen LogP contribution is 2.27. The summed E-state index contributed by atoms with van der Waals surface area (Å²) in [6.45, 7) is 7.44. The fraction of sp³-hybridized carbons (Fsp3) is 0.310. The highest BCUT2D eigenvalue weighted by molar-refractivity contribution is 7.92. The molecule has 3 rings (SSSR count). The second kappa shape index (κ2) is 12.5. The van der Waals surface area contributed by atoms with Gasteiger partial charge in [0.25, 0.3) is 10.0 Å². The van der Waals surface area contributed by atoms with E-state index in [2.05, 4.69) is 5.32 Å². The van der Waals surface area contributed by atoms with Gasteiger partial charge in [-0.05, 0) is 63.4 Å². The Kier molecular flexibility index (Phi) is 9.47. The van der Waals surface area contributed by atoms with Crippen LogP contribution < -0.4 is 9.62 Å². The second-order valence-corrected chi connectivity index (χ2v) is 10.9. The Bertz CT molecular complexity index is 1310. The molecule has 196 valence electrons. The molecule has 37 heavy (non-hydrogen) atoms. The number of likely N-dealkylation sites (N-methyl/N-ethyl adjacent to an activating group) is 1. The zero-order valence-electron chi connectivity index (χ0n) is 21.8. The topological polar surface area (TPSA) is 86.8 Å². The average molecular weight is 522 g/mol. The molecule has 8 heteroatoms. The van der Waals surface area contributed by atoms with Crippen molar-refractivity contribution < 1.29 is 18.0 Å². The molecule has 1 N–H and O–H groups in total. The molecule has 0 aliphatic rings. The highest BCUT2D eigenvalue weighted by atomic mass is 32.2. The number of aryl methyl sites for hydroxylation is 2. The maximum atomic E-state index is 13.8. The number of nitrogens with one attached hydrogen (secondary N) is 1. The molecular formula is C29H35N3O4S. The first-order valence-electron chi connectivity index (χ1n) is 12.4. The Balaban J connectivity index is 1.98. The van der Waals surface area contributed by atoms with Gasteiger partial charge in [0.05, 0.1) is 10.6 Å². The van der Waals surface area contributed by atoms with Crippen LogP contribution >= 0.6 is 0 Å². The summed E-state index contributed by atoms with van der Waals surface area (Å²) in [7, 11) is -4.06. The number of sulfonamides is 1. The molecule has 2 amide bonds. The fourth-order valence-corrected chi connectivity index (χ4v) is 5.56. The lowest BCUT2D eigenvalue weighted by Crippen LogP contribution is -2.52. The van der Waals surface area contributed by atoms with Crippen LogP contribution in [0.15, 0.2) is 83.8 Å². The van der Waals surface area contributed by atoms with Crippen molar-refractivity contribution in [3.05, 3.63) is 95.6 Å². The molecule has 0 saturated carbocycles. The first kappa shape index (κ1) is 27.9. The number of amides is 2. The molecule has 0 fully saturated rings. The van der Waals surface area contributed by atoms with E-state index in [0.29, 0.717) is 18.7 Å². The normalized spacial score (nSPS) is 12.0. The summed E-state index contributed by atoms with van der Waals surface area (Å²) < 4.78 is 28.8. The van der Waals surface area contributed by atoms with Gasteiger partial charge in [-0.3, -0.25) is 13.9 Å². The molecular weight excluding hydrogens is 486 g/mol. The molecule has 0 spiro atoms. The molecule has 0 aromatic heterocycles. The van der Waals surface area contributed by atoms with Gasteiger partial charge in [-0.15, -0.1) is 0 Å². The van der Waals surface area contributed by atoms with E-state index >= 15 is 0 Å². The molecule has 3 aromatic carbocycles. The van der Waals surface area contributed by atoms with Gasteiger partial charge in [-0.2, -0.15) is 0 Å². The lowest BCUT2D eigenvalue weighted by Gasteiger charge is -2.32. The van der Waals surface area contributed by atoms with E-state index in [1.807, 2.05) is 63.2 Å². The number of carbonyl (C=O) groups excluding carboxylic acids is 2. The molecule has 0 aliphatic heterocycles. The number of hydrogen-bond donors (Lipinski definition) is 1. The summed E-state index contributed by atoms with van der Waals surface area (Å²) in [6, 6.07) is 22.5. The summed E-state index contributed by atoms with van der Waals surface area (Å²) in [5, 5.41) is 2.77. The number of rotatable bonds is 11. The molecule has 7 nitrogen and oxygen atoms in total. The number of anilines is 1. The smallest absolute Gasteiger partial charge is 0.264 e. The van der Waals surface area contributed by atoms with Crippen molar-refractivity contribution in [2.24, 2.45) is 0 Å². The Labute approximate surface area is 220 Å². The van der Waals surface area contributed by atoms with Gasteiger partial charge in [0.15, 0.2) is 0 Å². The van der Waals surface area contributed by atoms with Crippen LogP contribution in [0.1, 0.15) is 30.5 Å². The largest absolute Gasteiger partial charge is 0.355 e. The van der Waals surface area contributed by atoms with E-state index in [1.165, 1.54) is 4.90 Å². The number of carbonyl (C=O) groups is 2. The van der Waals surface area contributed by atoms with Crippen molar-refractivity contribution in [2.75, 3.05) is 23.9 Å². The number of para-hydroxylation sites is 1. The van der Waals surface area contributed by atoms with Gasteiger partial charge in [-0.25, -0.2) is 8.42 Å². The van der Waals surface area contributed by atoms with Crippen LogP contribution in [0.2, 0.25) is 0 Å². The van der Waals surface area contributed by atoms with Crippen LogP contribution in [0.5, 0.6) is 0 Å².